The molecule has 0 bridgehead atoms. The Morgan fingerprint density at radius 3 is 2.64 bits per heavy atom. The van der Waals surface area contributed by atoms with Gasteiger partial charge in [0.1, 0.15) is 5.75 Å². The molecule has 1 rings (SSSR count). The van der Waals surface area contributed by atoms with E-state index in [0.29, 0.717) is 16.3 Å². The van der Waals surface area contributed by atoms with E-state index in [0.717, 1.165) is 0 Å². The number of carbonyl (C=O) groups excluding carboxylic acids is 1. The number of hydrogen-bond donors (Lipinski definition) is 0. The van der Waals surface area contributed by atoms with E-state index in [4.69, 9.17) is 27.9 Å². The average Bonchev–Trinajstić information content (AvgIpc) is 2.17. The summed E-state index contributed by atoms with van der Waals surface area (Å²) >= 11 is 11.6. The number of halogens is 2. The third kappa shape index (κ3) is 2.20. The van der Waals surface area contributed by atoms with Crippen LogP contribution < -0.4 is 4.74 Å². The van der Waals surface area contributed by atoms with Crippen LogP contribution in [0.3, 0.4) is 0 Å². The van der Waals surface area contributed by atoms with Gasteiger partial charge in [-0.3, -0.25) is 4.79 Å². The molecule has 0 aromatic heterocycles. The van der Waals surface area contributed by atoms with Gasteiger partial charge < -0.3 is 4.74 Å². The summed E-state index contributed by atoms with van der Waals surface area (Å²) in [6.45, 7) is 1.61. The molecule has 1 aromatic rings. The number of methoxy groups -OCH3 is 1. The lowest BCUT2D eigenvalue weighted by Crippen LogP contribution is -2.11. The van der Waals surface area contributed by atoms with Crippen LogP contribution in [0.1, 0.15) is 17.3 Å². The van der Waals surface area contributed by atoms with Crippen molar-refractivity contribution < 1.29 is 9.53 Å². The zero-order valence-electron chi connectivity index (χ0n) is 7.88. The molecule has 1 atom stereocenters. The normalized spacial score (nSPS) is 12.3. The largest absolute Gasteiger partial charge is 0.495 e. The molecule has 0 fully saturated rings. The number of ether oxygens (including phenoxy) is 1. The van der Waals surface area contributed by atoms with Crippen LogP contribution in [-0.2, 0) is 0 Å². The lowest BCUT2D eigenvalue weighted by atomic mass is 10.1. The molecule has 0 amide bonds. The fraction of sp³-hybridized carbons (Fsp3) is 0.300. The Balaban J connectivity index is 3.16. The summed E-state index contributed by atoms with van der Waals surface area (Å²) in [5, 5.41) is -0.271. The number of hydrogen-bond acceptors (Lipinski definition) is 2. The number of rotatable bonds is 3. The minimum atomic E-state index is -0.584. The quantitative estimate of drug-likeness (QED) is 0.592. The number of alkyl halides is 1. The Kier molecular flexibility index (Phi) is 3.78. The van der Waals surface area contributed by atoms with Crippen molar-refractivity contribution in [1.29, 1.82) is 0 Å². The number of benzene rings is 1. The van der Waals surface area contributed by atoms with Gasteiger partial charge in [0.25, 0.3) is 0 Å². The van der Waals surface area contributed by atoms with Crippen molar-refractivity contribution in [2.45, 2.75) is 12.3 Å². The lowest BCUT2D eigenvalue weighted by molar-refractivity contribution is 0.0991. The fourth-order valence-corrected chi connectivity index (χ4v) is 1.49. The summed E-state index contributed by atoms with van der Waals surface area (Å²) in [6.07, 6.45) is 0. The molecule has 0 radical (unpaired) electrons. The smallest absolute Gasteiger partial charge is 0.182 e. The van der Waals surface area contributed by atoms with Crippen LogP contribution >= 0.6 is 23.2 Å². The second-order valence-electron chi connectivity index (χ2n) is 2.80. The number of carbonyl (C=O) groups is 1. The molecule has 0 aliphatic heterocycles. The highest BCUT2D eigenvalue weighted by atomic mass is 35.5. The summed E-state index contributed by atoms with van der Waals surface area (Å²) in [6, 6.07) is 5.03. The monoisotopic (exact) mass is 232 g/mol. The minimum absolute atomic E-state index is 0.199. The predicted molar refractivity (Wildman–Crippen MR) is 57.6 cm³/mol. The van der Waals surface area contributed by atoms with Crippen LogP contribution in [0, 0.1) is 0 Å². The maximum atomic E-state index is 11.6. The van der Waals surface area contributed by atoms with Crippen molar-refractivity contribution in [2.24, 2.45) is 0 Å². The van der Waals surface area contributed by atoms with Gasteiger partial charge in [-0.05, 0) is 19.1 Å². The minimum Gasteiger partial charge on any atom is -0.495 e. The van der Waals surface area contributed by atoms with E-state index in [2.05, 4.69) is 0 Å². The van der Waals surface area contributed by atoms with Crippen molar-refractivity contribution >= 4 is 29.0 Å². The third-order valence-corrected chi connectivity index (χ3v) is 2.40. The molecule has 2 nitrogen and oxygen atoms in total. The van der Waals surface area contributed by atoms with E-state index in [1.54, 1.807) is 25.1 Å². The van der Waals surface area contributed by atoms with Crippen LogP contribution in [0.15, 0.2) is 18.2 Å². The van der Waals surface area contributed by atoms with Gasteiger partial charge in [-0.1, -0.05) is 17.7 Å². The van der Waals surface area contributed by atoms with E-state index in [1.165, 1.54) is 7.11 Å². The first-order valence-corrected chi connectivity index (χ1v) is 4.90. The maximum absolute atomic E-state index is 11.6. The fourth-order valence-electron chi connectivity index (χ4n) is 1.07. The van der Waals surface area contributed by atoms with Crippen molar-refractivity contribution in [3.8, 4) is 5.75 Å². The van der Waals surface area contributed by atoms with Crippen molar-refractivity contribution in [2.75, 3.05) is 7.11 Å². The Hall–Kier alpha value is -0.730. The van der Waals surface area contributed by atoms with Gasteiger partial charge in [-0.2, -0.15) is 0 Å². The Morgan fingerprint density at radius 1 is 1.50 bits per heavy atom. The van der Waals surface area contributed by atoms with E-state index in [-0.39, 0.29) is 5.78 Å². The standard InChI is InChI=1S/C10H10Cl2O2/c1-6(11)10(13)7-4-3-5-8(14-2)9(7)12/h3-6H,1-2H3. The van der Waals surface area contributed by atoms with Gasteiger partial charge in [0.15, 0.2) is 5.78 Å². The van der Waals surface area contributed by atoms with Crippen LogP contribution in [0.25, 0.3) is 0 Å². The summed E-state index contributed by atoms with van der Waals surface area (Å²) < 4.78 is 4.99. The molecule has 0 aliphatic carbocycles. The van der Waals surface area contributed by atoms with Crippen molar-refractivity contribution in [1.82, 2.24) is 0 Å². The van der Waals surface area contributed by atoms with E-state index in [9.17, 15) is 4.79 Å². The first-order chi connectivity index (χ1) is 6.57. The molecule has 76 valence electrons. The summed E-state index contributed by atoms with van der Waals surface area (Å²) in [4.78, 5) is 11.6. The van der Waals surface area contributed by atoms with Gasteiger partial charge >= 0.3 is 0 Å². The maximum Gasteiger partial charge on any atom is 0.182 e. The first kappa shape index (κ1) is 11.3. The van der Waals surface area contributed by atoms with E-state index >= 15 is 0 Å². The molecule has 1 unspecified atom stereocenters. The van der Waals surface area contributed by atoms with Gasteiger partial charge in [-0.15, -0.1) is 11.6 Å². The second-order valence-corrected chi connectivity index (χ2v) is 3.83. The Labute approximate surface area is 92.8 Å². The molecule has 0 saturated heterocycles. The zero-order chi connectivity index (χ0) is 10.7. The molecular formula is C10H10Cl2O2. The highest BCUT2D eigenvalue weighted by Crippen LogP contribution is 2.29. The molecular weight excluding hydrogens is 223 g/mol. The molecule has 0 saturated carbocycles. The third-order valence-electron chi connectivity index (χ3n) is 1.81. The highest BCUT2D eigenvalue weighted by molar-refractivity contribution is 6.39. The molecule has 14 heavy (non-hydrogen) atoms. The van der Waals surface area contributed by atoms with Crippen LogP contribution in [-0.4, -0.2) is 18.3 Å². The summed E-state index contributed by atoms with van der Waals surface area (Å²) in [7, 11) is 1.50. The van der Waals surface area contributed by atoms with Crippen LogP contribution in [0.4, 0.5) is 0 Å². The molecule has 0 spiro atoms. The van der Waals surface area contributed by atoms with Crippen molar-refractivity contribution in [3.05, 3.63) is 28.8 Å². The summed E-state index contributed by atoms with van der Waals surface area (Å²) in [5.41, 5.74) is 0.397. The Morgan fingerprint density at radius 2 is 2.14 bits per heavy atom. The molecule has 0 aliphatic rings. The number of Topliss-reactive ketones (excluding diaryl/α,β-unsaturated/α-hetero) is 1. The molecule has 4 heteroatoms. The number of ketones is 1. The van der Waals surface area contributed by atoms with E-state index < -0.39 is 5.38 Å². The van der Waals surface area contributed by atoms with E-state index in [1.807, 2.05) is 0 Å². The SMILES string of the molecule is COc1cccc(C(=O)C(C)Cl)c1Cl. The topological polar surface area (TPSA) is 26.3 Å². The molecule has 0 heterocycles. The van der Waals surface area contributed by atoms with Crippen LogP contribution in [0.5, 0.6) is 5.75 Å². The lowest BCUT2D eigenvalue weighted by Gasteiger charge is -2.08. The van der Waals surface area contributed by atoms with Crippen molar-refractivity contribution in [3.63, 3.8) is 0 Å². The van der Waals surface area contributed by atoms with Crippen LogP contribution in [0.2, 0.25) is 5.02 Å². The predicted octanol–water partition coefficient (Wildman–Crippen LogP) is 3.16. The molecule has 1 aromatic carbocycles. The average molecular weight is 233 g/mol. The van der Waals surface area contributed by atoms with Gasteiger partial charge in [-0.25, -0.2) is 0 Å². The second kappa shape index (κ2) is 4.67. The molecule has 0 N–H and O–H groups in total. The summed E-state index contributed by atoms with van der Waals surface area (Å²) in [5.74, 6) is 0.283. The Bertz CT molecular complexity index is 348. The highest BCUT2D eigenvalue weighted by Gasteiger charge is 2.17. The first-order valence-electron chi connectivity index (χ1n) is 4.08. The zero-order valence-corrected chi connectivity index (χ0v) is 9.39. The van der Waals surface area contributed by atoms with Gasteiger partial charge in [0.05, 0.1) is 17.5 Å². The van der Waals surface area contributed by atoms with Gasteiger partial charge in [0.2, 0.25) is 0 Å². The van der Waals surface area contributed by atoms with Gasteiger partial charge in [0, 0.05) is 5.56 Å².